The van der Waals surface area contributed by atoms with Crippen LogP contribution in [-0.2, 0) is 9.53 Å². The molecule has 0 spiro atoms. The Balaban J connectivity index is 2.22. The van der Waals surface area contributed by atoms with Crippen LogP contribution in [0.15, 0.2) is 0 Å². The van der Waals surface area contributed by atoms with Crippen LogP contribution in [0, 0.1) is 5.92 Å². The van der Waals surface area contributed by atoms with Crippen LogP contribution in [0.25, 0.3) is 0 Å². The molecule has 1 rings (SSSR count). The molecule has 0 heterocycles. The molecule has 0 aromatic rings. The molecule has 1 saturated carbocycles. The second-order valence-electron chi connectivity index (χ2n) is 4.50. The van der Waals surface area contributed by atoms with E-state index in [0.717, 1.165) is 19.3 Å². The standard InChI is InChI=1S/C12H22N2O3/c1-3-17-11(15)8-13-12(16)14-10-7-5-4-6-9(10)2/h9-10H,3-8H2,1-2H3,(H2,13,14,16)/t9-,10-/m0/s1. The van der Waals surface area contributed by atoms with Crippen molar-refractivity contribution < 1.29 is 14.3 Å². The molecule has 98 valence electrons. The maximum Gasteiger partial charge on any atom is 0.325 e. The van der Waals surface area contributed by atoms with Crippen molar-refractivity contribution in [1.82, 2.24) is 10.6 Å². The summed E-state index contributed by atoms with van der Waals surface area (Å²) in [5.41, 5.74) is 0. The number of rotatable bonds is 4. The van der Waals surface area contributed by atoms with Gasteiger partial charge in [-0.15, -0.1) is 0 Å². The zero-order valence-electron chi connectivity index (χ0n) is 10.6. The normalized spacial score (nSPS) is 23.9. The Hall–Kier alpha value is -1.26. The molecule has 0 aromatic heterocycles. The number of hydrogen-bond acceptors (Lipinski definition) is 3. The van der Waals surface area contributed by atoms with Crippen LogP contribution >= 0.6 is 0 Å². The Morgan fingerprint density at radius 3 is 2.65 bits per heavy atom. The number of urea groups is 1. The predicted molar refractivity (Wildman–Crippen MR) is 64.6 cm³/mol. The van der Waals surface area contributed by atoms with Crippen LogP contribution in [0.2, 0.25) is 0 Å². The minimum atomic E-state index is -0.403. The summed E-state index contributed by atoms with van der Waals surface area (Å²) >= 11 is 0. The van der Waals surface area contributed by atoms with Gasteiger partial charge in [0.2, 0.25) is 0 Å². The van der Waals surface area contributed by atoms with E-state index in [9.17, 15) is 9.59 Å². The average molecular weight is 242 g/mol. The van der Waals surface area contributed by atoms with Gasteiger partial charge >= 0.3 is 12.0 Å². The largest absolute Gasteiger partial charge is 0.465 e. The average Bonchev–Trinajstić information content (AvgIpc) is 2.30. The lowest BCUT2D eigenvalue weighted by molar-refractivity contribution is -0.141. The summed E-state index contributed by atoms with van der Waals surface area (Å²) in [5.74, 6) is 0.108. The number of carbonyl (C=O) groups is 2. The molecule has 0 aliphatic heterocycles. The lowest BCUT2D eigenvalue weighted by atomic mass is 9.86. The molecule has 0 bridgehead atoms. The minimum absolute atomic E-state index is 0.0687. The van der Waals surface area contributed by atoms with Gasteiger partial charge in [0.25, 0.3) is 0 Å². The molecule has 0 saturated heterocycles. The third-order valence-corrected chi connectivity index (χ3v) is 3.13. The van der Waals surface area contributed by atoms with Gasteiger partial charge in [0, 0.05) is 6.04 Å². The summed E-state index contributed by atoms with van der Waals surface area (Å²) in [5, 5.41) is 5.42. The van der Waals surface area contributed by atoms with Gasteiger partial charge in [-0.1, -0.05) is 19.8 Å². The molecule has 5 nitrogen and oxygen atoms in total. The Kier molecular flexibility index (Phi) is 5.80. The van der Waals surface area contributed by atoms with Crippen LogP contribution in [0.5, 0.6) is 0 Å². The molecule has 1 fully saturated rings. The fraction of sp³-hybridized carbons (Fsp3) is 0.833. The SMILES string of the molecule is CCOC(=O)CNC(=O)N[C@H]1CCCC[C@@H]1C. The molecule has 2 N–H and O–H groups in total. The summed E-state index contributed by atoms with van der Waals surface area (Å²) < 4.78 is 4.72. The maximum absolute atomic E-state index is 11.5. The summed E-state index contributed by atoms with van der Waals surface area (Å²) in [4.78, 5) is 22.6. The number of nitrogens with one attached hydrogen (secondary N) is 2. The molecule has 0 radical (unpaired) electrons. The van der Waals surface area contributed by atoms with Crippen molar-refractivity contribution in [3.8, 4) is 0 Å². The van der Waals surface area contributed by atoms with Crippen LogP contribution < -0.4 is 10.6 Å². The first kappa shape index (κ1) is 13.8. The van der Waals surface area contributed by atoms with Gasteiger partial charge in [-0.05, 0) is 25.7 Å². The first-order chi connectivity index (χ1) is 8.13. The molecular formula is C12H22N2O3. The van der Waals surface area contributed by atoms with Crippen LogP contribution in [0.4, 0.5) is 4.79 Å². The number of ether oxygens (including phenoxy) is 1. The molecule has 2 atom stereocenters. The van der Waals surface area contributed by atoms with Gasteiger partial charge < -0.3 is 15.4 Å². The molecule has 0 aromatic carbocycles. The van der Waals surface area contributed by atoms with E-state index in [4.69, 9.17) is 4.74 Å². The Morgan fingerprint density at radius 2 is 2.00 bits per heavy atom. The highest BCUT2D eigenvalue weighted by atomic mass is 16.5. The zero-order valence-corrected chi connectivity index (χ0v) is 10.6. The highest BCUT2D eigenvalue weighted by molar-refractivity contribution is 5.80. The smallest absolute Gasteiger partial charge is 0.325 e. The van der Waals surface area contributed by atoms with E-state index >= 15 is 0 Å². The van der Waals surface area contributed by atoms with E-state index in [1.807, 2.05) is 0 Å². The summed E-state index contributed by atoms with van der Waals surface area (Å²) in [7, 11) is 0. The maximum atomic E-state index is 11.5. The van der Waals surface area contributed by atoms with E-state index in [2.05, 4.69) is 17.6 Å². The molecule has 2 amide bonds. The van der Waals surface area contributed by atoms with E-state index in [1.165, 1.54) is 6.42 Å². The molecule has 1 aliphatic rings. The van der Waals surface area contributed by atoms with E-state index in [1.54, 1.807) is 6.92 Å². The molecule has 1 aliphatic carbocycles. The molecule has 0 unspecified atom stereocenters. The zero-order chi connectivity index (χ0) is 12.7. The molecule has 5 heteroatoms. The number of hydrogen-bond donors (Lipinski definition) is 2. The summed E-state index contributed by atoms with van der Waals surface area (Å²) in [6.45, 7) is 4.15. The van der Waals surface area contributed by atoms with E-state index in [0.29, 0.717) is 12.5 Å². The van der Waals surface area contributed by atoms with Crippen LogP contribution in [0.3, 0.4) is 0 Å². The lowest BCUT2D eigenvalue weighted by Gasteiger charge is -2.29. The lowest BCUT2D eigenvalue weighted by Crippen LogP contribution is -2.47. The van der Waals surface area contributed by atoms with Crippen molar-refractivity contribution >= 4 is 12.0 Å². The van der Waals surface area contributed by atoms with Gasteiger partial charge in [0.1, 0.15) is 6.54 Å². The number of amides is 2. The van der Waals surface area contributed by atoms with Gasteiger partial charge in [-0.2, -0.15) is 0 Å². The highest BCUT2D eigenvalue weighted by Gasteiger charge is 2.22. The third-order valence-electron chi connectivity index (χ3n) is 3.13. The van der Waals surface area contributed by atoms with Crippen molar-refractivity contribution in [2.75, 3.05) is 13.2 Å². The van der Waals surface area contributed by atoms with Gasteiger partial charge in [-0.25, -0.2) is 4.79 Å². The van der Waals surface area contributed by atoms with E-state index in [-0.39, 0.29) is 18.6 Å². The summed E-state index contributed by atoms with van der Waals surface area (Å²) in [6, 6.07) is -0.0530. The fourth-order valence-electron chi connectivity index (χ4n) is 2.11. The number of esters is 1. The van der Waals surface area contributed by atoms with Gasteiger partial charge in [0.05, 0.1) is 6.61 Å². The van der Waals surface area contributed by atoms with Crippen molar-refractivity contribution in [2.24, 2.45) is 5.92 Å². The predicted octanol–water partition coefficient (Wildman–Crippen LogP) is 1.43. The minimum Gasteiger partial charge on any atom is -0.465 e. The van der Waals surface area contributed by atoms with Crippen molar-refractivity contribution in [3.05, 3.63) is 0 Å². The number of carbonyl (C=O) groups excluding carboxylic acids is 2. The van der Waals surface area contributed by atoms with Crippen molar-refractivity contribution in [3.63, 3.8) is 0 Å². The van der Waals surface area contributed by atoms with Gasteiger partial charge in [0.15, 0.2) is 0 Å². The highest BCUT2D eigenvalue weighted by Crippen LogP contribution is 2.23. The Labute approximate surface area is 102 Å². The second-order valence-corrected chi connectivity index (χ2v) is 4.50. The summed E-state index contributed by atoms with van der Waals surface area (Å²) in [6.07, 6.45) is 4.58. The Bertz CT molecular complexity index is 268. The van der Waals surface area contributed by atoms with E-state index < -0.39 is 5.97 Å². The van der Waals surface area contributed by atoms with Crippen LogP contribution in [-0.4, -0.2) is 31.2 Å². The topological polar surface area (TPSA) is 67.4 Å². The quantitative estimate of drug-likeness (QED) is 0.733. The third kappa shape index (κ3) is 5.06. The van der Waals surface area contributed by atoms with Crippen molar-refractivity contribution in [1.29, 1.82) is 0 Å². The monoisotopic (exact) mass is 242 g/mol. The molecule has 17 heavy (non-hydrogen) atoms. The first-order valence-corrected chi connectivity index (χ1v) is 6.33. The first-order valence-electron chi connectivity index (χ1n) is 6.33. The fourth-order valence-corrected chi connectivity index (χ4v) is 2.11. The Morgan fingerprint density at radius 1 is 1.29 bits per heavy atom. The van der Waals surface area contributed by atoms with Gasteiger partial charge in [-0.3, -0.25) is 4.79 Å². The van der Waals surface area contributed by atoms with Crippen LogP contribution in [0.1, 0.15) is 39.5 Å². The second kappa shape index (κ2) is 7.14. The van der Waals surface area contributed by atoms with Crippen molar-refractivity contribution in [2.45, 2.75) is 45.6 Å². The molecular weight excluding hydrogens is 220 g/mol.